The summed E-state index contributed by atoms with van der Waals surface area (Å²) in [4.78, 5) is 19.2. The van der Waals surface area contributed by atoms with Crippen LogP contribution in [0.5, 0.6) is 5.88 Å². The Morgan fingerprint density at radius 2 is 2.00 bits per heavy atom. The highest BCUT2D eigenvalue weighted by atomic mass is 16.5. The Bertz CT molecular complexity index is 1060. The fraction of sp³-hybridized carbons (Fsp3) is 0.429. The first-order valence-electron chi connectivity index (χ1n) is 9.98. The molecule has 0 amide bonds. The molecule has 3 aromatic rings. The van der Waals surface area contributed by atoms with Gasteiger partial charge in [-0.15, -0.1) is 5.10 Å². The zero-order chi connectivity index (χ0) is 18.9. The van der Waals surface area contributed by atoms with E-state index in [1.54, 1.807) is 16.7 Å². The maximum absolute atomic E-state index is 12.3. The number of hydrogen-bond acceptors (Lipinski definition) is 6. The fourth-order valence-electron chi connectivity index (χ4n) is 4.11. The highest BCUT2D eigenvalue weighted by Crippen LogP contribution is 2.24. The van der Waals surface area contributed by atoms with Crippen molar-refractivity contribution in [1.82, 2.24) is 19.6 Å². The monoisotopic (exact) mass is 377 g/mol. The lowest BCUT2D eigenvalue weighted by Gasteiger charge is -2.32. The molecule has 2 aliphatic rings. The van der Waals surface area contributed by atoms with Crippen LogP contribution in [0.1, 0.15) is 30.5 Å². The number of pyridine rings is 1. The van der Waals surface area contributed by atoms with Crippen LogP contribution in [-0.2, 0) is 12.8 Å². The number of anilines is 1. The average Bonchev–Trinajstić information content (AvgIpc) is 3.20. The number of aromatic nitrogens is 4. The van der Waals surface area contributed by atoms with Crippen LogP contribution < -0.4 is 15.2 Å². The van der Waals surface area contributed by atoms with Crippen molar-refractivity contribution in [3.63, 3.8) is 0 Å². The molecule has 0 aromatic carbocycles. The molecule has 0 radical (unpaired) electrons. The molecule has 5 rings (SSSR count). The maximum atomic E-state index is 12.3. The van der Waals surface area contributed by atoms with E-state index < -0.39 is 0 Å². The summed E-state index contributed by atoms with van der Waals surface area (Å²) in [6.45, 7) is 2.41. The minimum Gasteiger partial charge on any atom is -0.476 e. The molecule has 0 N–H and O–H groups in total. The van der Waals surface area contributed by atoms with Gasteiger partial charge in [0.15, 0.2) is 0 Å². The highest BCUT2D eigenvalue weighted by molar-refractivity contribution is 5.48. The molecule has 0 spiro atoms. The molecule has 7 nitrogen and oxygen atoms in total. The van der Waals surface area contributed by atoms with Gasteiger partial charge in [0.05, 0.1) is 12.3 Å². The van der Waals surface area contributed by atoms with Crippen LogP contribution in [0.3, 0.4) is 0 Å². The molecule has 0 saturated carbocycles. The molecule has 0 bridgehead atoms. The van der Waals surface area contributed by atoms with Crippen molar-refractivity contribution < 1.29 is 4.74 Å². The maximum Gasteiger partial charge on any atom is 0.259 e. The van der Waals surface area contributed by atoms with Crippen molar-refractivity contribution in [1.29, 1.82) is 0 Å². The van der Waals surface area contributed by atoms with Crippen molar-refractivity contribution in [2.45, 2.75) is 32.1 Å². The summed E-state index contributed by atoms with van der Waals surface area (Å²) in [6, 6.07) is 9.29. The number of fused-ring (bicyclic) bond motifs is 2. The second-order valence-corrected chi connectivity index (χ2v) is 7.63. The van der Waals surface area contributed by atoms with E-state index >= 15 is 0 Å². The van der Waals surface area contributed by atoms with Crippen LogP contribution in [0.2, 0.25) is 0 Å². The Hall–Kier alpha value is -2.96. The molecular weight excluding hydrogens is 354 g/mol. The van der Waals surface area contributed by atoms with Gasteiger partial charge in [-0.2, -0.15) is 5.10 Å². The third-order valence-electron chi connectivity index (χ3n) is 5.76. The number of nitrogens with zero attached hydrogens (tertiary/aromatic N) is 5. The summed E-state index contributed by atoms with van der Waals surface area (Å²) in [5, 5.41) is 8.49. The second kappa shape index (κ2) is 7.22. The summed E-state index contributed by atoms with van der Waals surface area (Å²) < 4.78 is 7.50. The Morgan fingerprint density at radius 3 is 2.89 bits per heavy atom. The topological polar surface area (TPSA) is 72.6 Å². The predicted molar refractivity (Wildman–Crippen MR) is 106 cm³/mol. The van der Waals surface area contributed by atoms with Gasteiger partial charge >= 0.3 is 0 Å². The van der Waals surface area contributed by atoms with E-state index in [2.05, 4.69) is 26.1 Å². The Balaban J connectivity index is 1.20. The van der Waals surface area contributed by atoms with E-state index in [0.717, 1.165) is 56.7 Å². The van der Waals surface area contributed by atoms with Gasteiger partial charge in [0.2, 0.25) is 5.88 Å². The van der Waals surface area contributed by atoms with Gasteiger partial charge in [0.25, 0.3) is 5.56 Å². The molecule has 144 valence electrons. The molecular formula is C21H23N5O2. The van der Waals surface area contributed by atoms with Gasteiger partial charge in [0.1, 0.15) is 11.5 Å². The molecule has 3 aromatic heterocycles. The minimum absolute atomic E-state index is 0.0405. The van der Waals surface area contributed by atoms with E-state index in [0.29, 0.717) is 24.1 Å². The van der Waals surface area contributed by atoms with E-state index in [9.17, 15) is 4.79 Å². The van der Waals surface area contributed by atoms with Crippen molar-refractivity contribution in [2.75, 3.05) is 24.6 Å². The van der Waals surface area contributed by atoms with Crippen LogP contribution in [0.15, 0.2) is 41.3 Å². The minimum atomic E-state index is -0.0405. The zero-order valence-electron chi connectivity index (χ0n) is 15.8. The molecule has 1 fully saturated rings. The van der Waals surface area contributed by atoms with Gasteiger partial charge in [-0.05, 0) is 55.7 Å². The van der Waals surface area contributed by atoms with E-state index in [1.807, 2.05) is 18.2 Å². The van der Waals surface area contributed by atoms with Crippen LogP contribution >= 0.6 is 0 Å². The van der Waals surface area contributed by atoms with Gasteiger partial charge < -0.3 is 9.64 Å². The van der Waals surface area contributed by atoms with Crippen molar-refractivity contribution in [3.8, 4) is 5.88 Å². The smallest absolute Gasteiger partial charge is 0.259 e. The molecule has 28 heavy (non-hydrogen) atoms. The predicted octanol–water partition coefficient (Wildman–Crippen LogP) is 2.27. The lowest BCUT2D eigenvalue weighted by atomic mass is 9.98. The summed E-state index contributed by atoms with van der Waals surface area (Å²) in [6.07, 6.45) is 7.05. The van der Waals surface area contributed by atoms with Gasteiger partial charge in [-0.1, -0.05) is 6.07 Å². The molecule has 4 heterocycles. The number of piperidine rings is 1. The molecule has 0 atom stereocenters. The third-order valence-corrected chi connectivity index (χ3v) is 5.76. The standard InChI is InChI=1S/C21H23N5O2/c27-21-13-19(22-18-6-1-2-9-26(18)21)25-10-7-15(8-11-25)14-28-20-12-16-4-3-5-17(16)23-24-20/h1-2,6,9,12-13,15H,3-5,7-8,10-11,14H2. The van der Waals surface area contributed by atoms with Crippen LogP contribution in [0, 0.1) is 5.92 Å². The van der Waals surface area contributed by atoms with E-state index in [1.165, 1.54) is 5.56 Å². The van der Waals surface area contributed by atoms with Crippen LogP contribution in [-0.4, -0.2) is 39.3 Å². The van der Waals surface area contributed by atoms with Gasteiger partial charge in [0, 0.05) is 31.4 Å². The third kappa shape index (κ3) is 3.32. The molecule has 1 saturated heterocycles. The molecule has 1 aliphatic carbocycles. The first-order chi connectivity index (χ1) is 13.8. The molecule has 1 aliphatic heterocycles. The molecule has 7 heteroatoms. The van der Waals surface area contributed by atoms with Crippen molar-refractivity contribution >= 4 is 11.5 Å². The van der Waals surface area contributed by atoms with E-state index in [4.69, 9.17) is 4.74 Å². The summed E-state index contributed by atoms with van der Waals surface area (Å²) >= 11 is 0. The molecule has 0 unspecified atom stereocenters. The Morgan fingerprint density at radius 1 is 1.11 bits per heavy atom. The first-order valence-corrected chi connectivity index (χ1v) is 9.98. The summed E-state index contributed by atoms with van der Waals surface area (Å²) in [5.74, 6) is 1.89. The van der Waals surface area contributed by atoms with Crippen LogP contribution in [0.4, 0.5) is 5.82 Å². The van der Waals surface area contributed by atoms with E-state index in [-0.39, 0.29) is 5.56 Å². The number of hydrogen-bond donors (Lipinski definition) is 0. The lowest BCUT2D eigenvalue weighted by Crippen LogP contribution is -2.37. The second-order valence-electron chi connectivity index (χ2n) is 7.63. The Kier molecular flexibility index (Phi) is 4.43. The number of rotatable bonds is 4. The SMILES string of the molecule is O=c1cc(N2CCC(COc3cc4c(nn3)CCC4)CC2)nc2ccccn12. The number of ether oxygens (including phenoxy) is 1. The highest BCUT2D eigenvalue weighted by Gasteiger charge is 2.22. The Labute approximate surface area is 163 Å². The van der Waals surface area contributed by atoms with Gasteiger partial charge in [-0.25, -0.2) is 4.98 Å². The fourth-order valence-corrected chi connectivity index (χ4v) is 4.11. The summed E-state index contributed by atoms with van der Waals surface area (Å²) in [5.41, 5.74) is 3.06. The largest absolute Gasteiger partial charge is 0.476 e. The van der Waals surface area contributed by atoms with Gasteiger partial charge in [-0.3, -0.25) is 9.20 Å². The first kappa shape index (κ1) is 17.2. The van der Waals surface area contributed by atoms with Crippen molar-refractivity contribution in [3.05, 3.63) is 58.1 Å². The zero-order valence-corrected chi connectivity index (χ0v) is 15.8. The lowest BCUT2D eigenvalue weighted by molar-refractivity contribution is 0.214. The summed E-state index contributed by atoms with van der Waals surface area (Å²) in [7, 11) is 0. The number of aryl methyl sites for hydroxylation is 2. The van der Waals surface area contributed by atoms with Crippen molar-refractivity contribution in [2.24, 2.45) is 5.92 Å². The quantitative estimate of drug-likeness (QED) is 0.695. The normalized spacial score (nSPS) is 17.1. The average molecular weight is 377 g/mol. The van der Waals surface area contributed by atoms with Crippen LogP contribution in [0.25, 0.3) is 5.65 Å².